The van der Waals surface area contributed by atoms with Gasteiger partial charge in [-0.3, -0.25) is 4.68 Å². The van der Waals surface area contributed by atoms with Gasteiger partial charge in [-0.1, -0.05) is 15.9 Å². The molecule has 1 aromatic carbocycles. The van der Waals surface area contributed by atoms with E-state index < -0.39 is 0 Å². The maximum absolute atomic E-state index is 5.41. The molecule has 0 aliphatic carbocycles. The van der Waals surface area contributed by atoms with Crippen LogP contribution in [-0.4, -0.2) is 23.4 Å². The maximum atomic E-state index is 5.41. The zero-order chi connectivity index (χ0) is 13.7. The van der Waals surface area contributed by atoms with Crippen molar-refractivity contribution < 1.29 is 4.74 Å². The zero-order valence-electron chi connectivity index (χ0n) is 10.6. The number of aromatic nitrogens is 2. The summed E-state index contributed by atoms with van der Waals surface area (Å²) < 4.78 is 9.30. The van der Waals surface area contributed by atoms with Crippen molar-refractivity contribution in [3.63, 3.8) is 0 Å². The standard InChI is InChI=1S/C13H15Br2N3O/c1-19-13-10(7-11(14)8-12(13)15)9-16-4-6-18-5-2-3-17-18/h2-3,5,7-8,16H,4,6,9H2,1H3. The fraction of sp³-hybridized carbons (Fsp3) is 0.308. The summed E-state index contributed by atoms with van der Waals surface area (Å²) in [5.74, 6) is 0.870. The summed E-state index contributed by atoms with van der Waals surface area (Å²) in [6, 6.07) is 5.96. The molecule has 19 heavy (non-hydrogen) atoms. The van der Waals surface area contributed by atoms with E-state index in [1.165, 1.54) is 0 Å². The molecule has 1 N–H and O–H groups in total. The van der Waals surface area contributed by atoms with Gasteiger partial charge in [0.1, 0.15) is 5.75 Å². The van der Waals surface area contributed by atoms with Crippen LogP contribution in [0.15, 0.2) is 39.5 Å². The fourth-order valence-corrected chi connectivity index (χ4v) is 3.30. The molecular formula is C13H15Br2N3O. The van der Waals surface area contributed by atoms with Crippen molar-refractivity contribution in [2.45, 2.75) is 13.1 Å². The Bertz CT molecular complexity index is 529. The lowest BCUT2D eigenvalue weighted by Crippen LogP contribution is -2.20. The molecule has 1 aromatic heterocycles. The van der Waals surface area contributed by atoms with E-state index in [0.717, 1.165) is 39.9 Å². The van der Waals surface area contributed by atoms with E-state index in [2.05, 4.69) is 48.3 Å². The average Bonchev–Trinajstić information content (AvgIpc) is 2.87. The van der Waals surface area contributed by atoms with Gasteiger partial charge in [-0.05, 0) is 34.1 Å². The molecule has 0 unspecified atom stereocenters. The van der Waals surface area contributed by atoms with Crippen LogP contribution in [-0.2, 0) is 13.1 Å². The largest absolute Gasteiger partial charge is 0.495 e. The Labute approximate surface area is 129 Å². The molecule has 0 aliphatic rings. The Kier molecular flexibility index (Phi) is 5.42. The normalized spacial score (nSPS) is 10.7. The molecule has 0 amide bonds. The second-order valence-electron chi connectivity index (χ2n) is 4.03. The van der Waals surface area contributed by atoms with Crippen molar-refractivity contribution in [2.24, 2.45) is 0 Å². The van der Waals surface area contributed by atoms with Gasteiger partial charge in [-0.15, -0.1) is 0 Å². The smallest absolute Gasteiger partial charge is 0.137 e. The van der Waals surface area contributed by atoms with Crippen LogP contribution in [0, 0.1) is 0 Å². The molecule has 4 nitrogen and oxygen atoms in total. The van der Waals surface area contributed by atoms with Crippen LogP contribution in [0.3, 0.4) is 0 Å². The summed E-state index contributed by atoms with van der Waals surface area (Å²) in [6.45, 7) is 2.46. The van der Waals surface area contributed by atoms with Crippen LogP contribution in [0.1, 0.15) is 5.56 Å². The first-order valence-corrected chi connectivity index (χ1v) is 7.49. The third kappa shape index (κ3) is 4.06. The third-order valence-electron chi connectivity index (χ3n) is 2.68. The molecule has 0 saturated carbocycles. The minimum atomic E-state index is 0.752. The Balaban J connectivity index is 1.92. The molecule has 1 heterocycles. The minimum Gasteiger partial charge on any atom is -0.495 e. The summed E-state index contributed by atoms with van der Waals surface area (Å²) in [4.78, 5) is 0. The van der Waals surface area contributed by atoms with Crippen molar-refractivity contribution >= 4 is 31.9 Å². The van der Waals surface area contributed by atoms with Crippen LogP contribution in [0.5, 0.6) is 5.75 Å². The molecule has 0 radical (unpaired) electrons. The van der Waals surface area contributed by atoms with Crippen LogP contribution >= 0.6 is 31.9 Å². The summed E-state index contributed by atoms with van der Waals surface area (Å²) in [5, 5.41) is 7.55. The van der Waals surface area contributed by atoms with Crippen LogP contribution in [0.25, 0.3) is 0 Å². The molecule has 0 fully saturated rings. The quantitative estimate of drug-likeness (QED) is 0.772. The molecule has 0 bridgehead atoms. The Morgan fingerprint density at radius 3 is 2.89 bits per heavy atom. The number of methoxy groups -OCH3 is 1. The molecular weight excluding hydrogens is 374 g/mol. The van der Waals surface area contributed by atoms with Crippen molar-refractivity contribution in [3.05, 3.63) is 45.1 Å². The predicted octanol–water partition coefficient (Wildman–Crippen LogP) is 3.21. The van der Waals surface area contributed by atoms with Gasteiger partial charge in [0, 0.05) is 35.5 Å². The highest BCUT2D eigenvalue weighted by Gasteiger charge is 2.08. The van der Waals surface area contributed by atoms with Gasteiger partial charge in [0.2, 0.25) is 0 Å². The van der Waals surface area contributed by atoms with E-state index >= 15 is 0 Å². The number of nitrogens with zero attached hydrogens (tertiary/aromatic N) is 2. The van der Waals surface area contributed by atoms with E-state index in [9.17, 15) is 0 Å². The summed E-state index contributed by atoms with van der Waals surface area (Å²) >= 11 is 6.99. The first kappa shape index (κ1) is 14.6. The molecule has 0 spiro atoms. The molecule has 0 saturated heterocycles. The van der Waals surface area contributed by atoms with E-state index in [4.69, 9.17) is 4.74 Å². The van der Waals surface area contributed by atoms with Crippen molar-refractivity contribution in [1.29, 1.82) is 0 Å². The van der Waals surface area contributed by atoms with Gasteiger partial charge >= 0.3 is 0 Å². The Morgan fingerprint density at radius 1 is 1.37 bits per heavy atom. The number of ether oxygens (including phenoxy) is 1. The molecule has 0 atom stereocenters. The highest BCUT2D eigenvalue weighted by atomic mass is 79.9. The minimum absolute atomic E-state index is 0.752. The lowest BCUT2D eigenvalue weighted by Gasteiger charge is -2.12. The molecule has 2 aromatic rings. The van der Waals surface area contributed by atoms with E-state index in [-0.39, 0.29) is 0 Å². The Morgan fingerprint density at radius 2 is 2.21 bits per heavy atom. The van der Waals surface area contributed by atoms with Gasteiger partial charge in [0.25, 0.3) is 0 Å². The van der Waals surface area contributed by atoms with Gasteiger partial charge in [-0.2, -0.15) is 5.10 Å². The van der Waals surface area contributed by atoms with Crippen LogP contribution in [0.4, 0.5) is 0 Å². The highest BCUT2D eigenvalue weighted by Crippen LogP contribution is 2.32. The summed E-state index contributed by atoms with van der Waals surface area (Å²) in [5.41, 5.74) is 1.12. The number of hydrogen-bond donors (Lipinski definition) is 1. The van der Waals surface area contributed by atoms with E-state index in [0.29, 0.717) is 0 Å². The fourth-order valence-electron chi connectivity index (χ4n) is 1.82. The molecule has 6 heteroatoms. The second kappa shape index (κ2) is 7.07. The van der Waals surface area contributed by atoms with Crippen molar-refractivity contribution in [1.82, 2.24) is 15.1 Å². The molecule has 0 aliphatic heterocycles. The van der Waals surface area contributed by atoms with Crippen molar-refractivity contribution in [3.8, 4) is 5.75 Å². The zero-order valence-corrected chi connectivity index (χ0v) is 13.7. The van der Waals surface area contributed by atoms with Gasteiger partial charge in [0.05, 0.1) is 18.1 Å². The number of rotatable bonds is 6. The predicted molar refractivity (Wildman–Crippen MR) is 82.3 cm³/mol. The monoisotopic (exact) mass is 387 g/mol. The Hall–Kier alpha value is -0.850. The van der Waals surface area contributed by atoms with Crippen molar-refractivity contribution in [2.75, 3.05) is 13.7 Å². The SMILES string of the molecule is COc1c(Br)cc(Br)cc1CNCCn1cccn1. The lowest BCUT2D eigenvalue weighted by atomic mass is 10.2. The molecule has 102 valence electrons. The van der Waals surface area contributed by atoms with E-state index in [1.807, 2.05) is 23.0 Å². The van der Waals surface area contributed by atoms with Gasteiger partial charge in [-0.25, -0.2) is 0 Å². The second-order valence-corrected chi connectivity index (χ2v) is 5.80. The summed E-state index contributed by atoms with van der Waals surface area (Å²) in [6.07, 6.45) is 3.74. The van der Waals surface area contributed by atoms with Gasteiger partial charge in [0.15, 0.2) is 0 Å². The topological polar surface area (TPSA) is 39.1 Å². The lowest BCUT2D eigenvalue weighted by molar-refractivity contribution is 0.404. The summed E-state index contributed by atoms with van der Waals surface area (Å²) in [7, 11) is 1.68. The first-order chi connectivity index (χ1) is 9.20. The van der Waals surface area contributed by atoms with Gasteiger partial charge < -0.3 is 10.1 Å². The number of hydrogen-bond acceptors (Lipinski definition) is 3. The number of benzene rings is 1. The molecule has 2 rings (SSSR count). The number of nitrogens with one attached hydrogen (secondary N) is 1. The highest BCUT2D eigenvalue weighted by molar-refractivity contribution is 9.11. The average molecular weight is 389 g/mol. The van der Waals surface area contributed by atoms with Crippen LogP contribution < -0.4 is 10.1 Å². The van der Waals surface area contributed by atoms with E-state index in [1.54, 1.807) is 13.3 Å². The maximum Gasteiger partial charge on any atom is 0.137 e. The third-order valence-corrected chi connectivity index (χ3v) is 3.73. The number of halogens is 2. The first-order valence-electron chi connectivity index (χ1n) is 5.90. The van der Waals surface area contributed by atoms with Crippen LogP contribution in [0.2, 0.25) is 0 Å².